The SMILES string of the molecule is O=[N+]([O-])c1c(NCc2ccc(Cl)cc2)nc2sccn12. The second kappa shape index (κ2) is 5.10. The van der Waals surface area contributed by atoms with Crippen LogP contribution >= 0.6 is 22.9 Å². The molecule has 0 saturated carbocycles. The maximum Gasteiger partial charge on any atom is 0.372 e. The number of halogens is 1. The fourth-order valence-corrected chi connectivity index (χ4v) is 2.69. The van der Waals surface area contributed by atoms with Crippen LogP contribution in [0.3, 0.4) is 0 Å². The van der Waals surface area contributed by atoms with Crippen LogP contribution < -0.4 is 5.32 Å². The van der Waals surface area contributed by atoms with Gasteiger partial charge in [-0.1, -0.05) is 35.1 Å². The van der Waals surface area contributed by atoms with Crippen LogP contribution in [-0.4, -0.2) is 14.3 Å². The molecule has 8 heteroatoms. The number of nitro groups is 1. The highest BCUT2D eigenvalue weighted by Gasteiger charge is 2.23. The van der Waals surface area contributed by atoms with Gasteiger partial charge < -0.3 is 15.4 Å². The molecule has 0 aliphatic rings. The van der Waals surface area contributed by atoms with Gasteiger partial charge in [-0.2, -0.15) is 9.38 Å². The van der Waals surface area contributed by atoms with Gasteiger partial charge in [-0.3, -0.25) is 0 Å². The fourth-order valence-electron chi connectivity index (χ4n) is 1.85. The Labute approximate surface area is 122 Å². The summed E-state index contributed by atoms with van der Waals surface area (Å²) < 4.78 is 1.47. The summed E-state index contributed by atoms with van der Waals surface area (Å²) in [6, 6.07) is 7.27. The zero-order valence-corrected chi connectivity index (χ0v) is 11.7. The number of nitrogens with zero attached hydrogens (tertiary/aromatic N) is 3. The van der Waals surface area contributed by atoms with Crippen molar-refractivity contribution in [3.8, 4) is 0 Å². The third-order valence-electron chi connectivity index (χ3n) is 2.78. The third-order valence-corrected chi connectivity index (χ3v) is 3.79. The fraction of sp³-hybridized carbons (Fsp3) is 0.0833. The summed E-state index contributed by atoms with van der Waals surface area (Å²) in [5.41, 5.74) is 0.972. The van der Waals surface area contributed by atoms with Gasteiger partial charge >= 0.3 is 5.82 Å². The standard InChI is InChI=1S/C12H9ClN4O2S/c13-9-3-1-8(2-4-9)7-14-10-11(17(18)19)16-5-6-20-12(16)15-10/h1-6,14H,7H2. The van der Waals surface area contributed by atoms with Gasteiger partial charge in [0.25, 0.3) is 4.96 Å². The molecule has 0 radical (unpaired) electrons. The van der Waals surface area contributed by atoms with Crippen LogP contribution in [0, 0.1) is 10.1 Å². The molecular formula is C12H9ClN4O2S. The molecule has 0 amide bonds. The van der Waals surface area contributed by atoms with Gasteiger partial charge in [-0.15, -0.1) is 0 Å². The summed E-state index contributed by atoms with van der Waals surface area (Å²) in [7, 11) is 0. The van der Waals surface area contributed by atoms with Crippen molar-refractivity contribution >= 4 is 39.5 Å². The van der Waals surface area contributed by atoms with Crippen molar-refractivity contribution in [3.63, 3.8) is 0 Å². The first kappa shape index (κ1) is 12.9. The number of hydrogen-bond acceptors (Lipinski definition) is 5. The molecule has 0 saturated heterocycles. The Morgan fingerprint density at radius 2 is 2.15 bits per heavy atom. The van der Waals surface area contributed by atoms with Crippen molar-refractivity contribution in [2.75, 3.05) is 5.32 Å². The minimum absolute atomic E-state index is 0.0461. The highest BCUT2D eigenvalue weighted by Crippen LogP contribution is 2.28. The molecule has 0 fully saturated rings. The minimum atomic E-state index is -0.434. The molecule has 6 nitrogen and oxygen atoms in total. The maximum atomic E-state index is 11.1. The van der Waals surface area contributed by atoms with Gasteiger partial charge in [-0.05, 0) is 22.6 Å². The van der Waals surface area contributed by atoms with Crippen molar-refractivity contribution in [1.82, 2.24) is 9.38 Å². The Balaban J connectivity index is 1.87. The van der Waals surface area contributed by atoms with Crippen molar-refractivity contribution in [2.24, 2.45) is 0 Å². The van der Waals surface area contributed by atoms with Crippen LogP contribution in [0.5, 0.6) is 0 Å². The highest BCUT2D eigenvalue weighted by atomic mass is 35.5. The number of imidazole rings is 1. The van der Waals surface area contributed by atoms with Crippen LogP contribution in [0.15, 0.2) is 35.8 Å². The van der Waals surface area contributed by atoms with Gasteiger partial charge in [0, 0.05) is 16.9 Å². The Kier molecular flexibility index (Phi) is 3.29. The summed E-state index contributed by atoms with van der Waals surface area (Å²) in [5.74, 6) is 0.229. The lowest BCUT2D eigenvalue weighted by molar-refractivity contribution is -0.389. The first-order valence-corrected chi connectivity index (χ1v) is 6.99. The van der Waals surface area contributed by atoms with Gasteiger partial charge in [0.05, 0.1) is 0 Å². The molecule has 0 atom stereocenters. The number of anilines is 1. The van der Waals surface area contributed by atoms with E-state index in [1.54, 1.807) is 23.7 Å². The van der Waals surface area contributed by atoms with Crippen LogP contribution in [0.25, 0.3) is 4.96 Å². The molecular weight excluding hydrogens is 300 g/mol. The third kappa shape index (κ3) is 2.33. The van der Waals surface area contributed by atoms with E-state index in [1.165, 1.54) is 15.7 Å². The van der Waals surface area contributed by atoms with E-state index in [4.69, 9.17) is 11.6 Å². The van der Waals surface area contributed by atoms with E-state index in [0.717, 1.165) is 5.56 Å². The summed E-state index contributed by atoms with van der Waals surface area (Å²) in [6.45, 7) is 0.447. The molecule has 0 unspecified atom stereocenters. The van der Waals surface area contributed by atoms with Crippen LogP contribution in [-0.2, 0) is 6.54 Å². The van der Waals surface area contributed by atoms with E-state index in [9.17, 15) is 10.1 Å². The van der Waals surface area contributed by atoms with E-state index < -0.39 is 4.92 Å². The molecule has 2 heterocycles. The predicted octanol–water partition coefficient (Wildman–Crippen LogP) is 3.57. The molecule has 1 N–H and O–H groups in total. The van der Waals surface area contributed by atoms with Crippen LogP contribution in [0.2, 0.25) is 5.02 Å². The molecule has 0 spiro atoms. The van der Waals surface area contributed by atoms with Crippen LogP contribution in [0.4, 0.5) is 11.6 Å². The summed E-state index contributed by atoms with van der Waals surface area (Å²) >= 11 is 7.16. The van der Waals surface area contributed by atoms with Gasteiger partial charge in [0.15, 0.2) is 0 Å². The number of hydrogen-bond donors (Lipinski definition) is 1. The number of thiazole rings is 1. The number of rotatable bonds is 4. The second-order valence-electron chi connectivity index (χ2n) is 4.08. The van der Waals surface area contributed by atoms with Crippen molar-refractivity contribution in [3.05, 3.63) is 56.5 Å². The monoisotopic (exact) mass is 308 g/mol. The van der Waals surface area contributed by atoms with E-state index in [0.29, 0.717) is 16.5 Å². The molecule has 3 aromatic rings. The number of benzene rings is 1. The normalized spacial score (nSPS) is 10.8. The maximum absolute atomic E-state index is 11.1. The predicted molar refractivity (Wildman–Crippen MR) is 78.5 cm³/mol. The molecule has 1 aromatic carbocycles. The number of aromatic nitrogens is 2. The Morgan fingerprint density at radius 3 is 2.85 bits per heavy atom. The second-order valence-corrected chi connectivity index (χ2v) is 5.39. The minimum Gasteiger partial charge on any atom is -0.359 e. The lowest BCUT2D eigenvalue weighted by Crippen LogP contribution is -2.03. The smallest absolute Gasteiger partial charge is 0.359 e. The Bertz CT molecular complexity index is 765. The van der Waals surface area contributed by atoms with Crippen molar-refractivity contribution < 1.29 is 4.92 Å². The lowest BCUT2D eigenvalue weighted by Gasteiger charge is -2.03. The molecule has 102 valence electrons. The molecule has 3 rings (SSSR count). The largest absolute Gasteiger partial charge is 0.372 e. The number of nitrogens with one attached hydrogen (secondary N) is 1. The van der Waals surface area contributed by atoms with E-state index in [2.05, 4.69) is 10.3 Å². The molecule has 20 heavy (non-hydrogen) atoms. The lowest BCUT2D eigenvalue weighted by atomic mass is 10.2. The summed E-state index contributed by atoms with van der Waals surface area (Å²) in [4.78, 5) is 15.5. The Hall–Kier alpha value is -2.12. The molecule has 0 aliphatic heterocycles. The molecule has 0 aliphatic carbocycles. The van der Waals surface area contributed by atoms with Crippen molar-refractivity contribution in [2.45, 2.75) is 6.54 Å². The first-order valence-electron chi connectivity index (χ1n) is 5.73. The summed E-state index contributed by atoms with van der Waals surface area (Å²) in [5, 5.41) is 16.6. The average molecular weight is 309 g/mol. The average Bonchev–Trinajstić information content (AvgIpc) is 2.97. The van der Waals surface area contributed by atoms with Crippen molar-refractivity contribution in [1.29, 1.82) is 0 Å². The van der Waals surface area contributed by atoms with E-state index >= 15 is 0 Å². The molecule has 0 bridgehead atoms. The van der Waals surface area contributed by atoms with Crippen LogP contribution in [0.1, 0.15) is 5.56 Å². The zero-order chi connectivity index (χ0) is 14.1. The molecule has 2 aromatic heterocycles. The zero-order valence-electron chi connectivity index (χ0n) is 10.1. The quantitative estimate of drug-likeness (QED) is 0.590. The topological polar surface area (TPSA) is 72.5 Å². The van der Waals surface area contributed by atoms with E-state index in [1.807, 2.05) is 12.1 Å². The van der Waals surface area contributed by atoms with E-state index in [-0.39, 0.29) is 11.6 Å². The first-order chi connectivity index (χ1) is 9.65. The Morgan fingerprint density at radius 1 is 1.40 bits per heavy atom. The summed E-state index contributed by atoms with van der Waals surface area (Å²) in [6.07, 6.45) is 1.64. The number of fused-ring (bicyclic) bond motifs is 1. The highest BCUT2D eigenvalue weighted by molar-refractivity contribution is 7.15. The van der Waals surface area contributed by atoms with Gasteiger partial charge in [0.2, 0.25) is 5.82 Å². The van der Waals surface area contributed by atoms with Gasteiger partial charge in [0.1, 0.15) is 6.20 Å². The van der Waals surface area contributed by atoms with Gasteiger partial charge in [-0.25, -0.2) is 0 Å².